The van der Waals surface area contributed by atoms with Gasteiger partial charge in [-0.2, -0.15) is 0 Å². The van der Waals surface area contributed by atoms with Crippen LogP contribution in [0.15, 0.2) is 72.8 Å². The number of phenols is 1. The van der Waals surface area contributed by atoms with E-state index in [9.17, 15) is 9.90 Å². The highest BCUT2D eigenvalue weighted by Crippen LogP contribution is 2.32. The number of esters is 1. The lowest BCUT2D eigenvalue weighted by Gasteiger charge is -2.26. The molecule has 6 nitrogen and oxygen atoms in total. The van der Waals surface area contributed by atoms with E-state index < -0.39 is 0 Å². The number of aromatic hydroxyl groups is 1. The molecule has 0 aliphatic carbocycles. The maximum absolute atomic E-state index is 12.5. The zero-order valence-electron chi connectivity index (χ0n) is 20.5. The Bertz CT molecular complexity index is 1170. The minimum Gasteiger partial charge on any atom is -0.504 e. The molecular weight excluding hydrogens is 472 g/mol. The quantitative estimate of drug-likeness (QED) is 0.339. The lowest BCUT2D eigenvalue weighted by molar-refractivity contribution is 0.0440. The average Bonchev–Trinajstić information content (AvgIpc) is 3.12. The summed E-state index contributed by atoms with van der Waals surface area (Å²) in [6.45, 7) is 2.33. The van der Waals surface area contributed by atoms with Crippen LogP contribution in [0.2, 0.25) is 0 Å². The third-order valence-corrected chi connectivity index (χ3v) is 6.79. The van der Waals surface area contributed by atoms with Crippen LogP contribution >= 0.6 is 12.2 Å². The van der Waals surface area contributed by atoms with Gasteiger partial charge in [0.15, 0.2) is 16.6 Å². The van der Waals surface area contributed by atoms with E-state index >= 15 is 0 Å². The van der Waals surface area contributed by atoms with Gasteiger partial charge in [-0.1, -0.05) is 48.5 Å². The van der Waals surface area contributed by atoms with Crippen molar-refractivity contribution in [3.8, 4) is 11.5 Å². The first-order chi connectivity index (χ1) is 17.5. The average molecular weight is 505 g/mol. The summed E-state index contributed by atoms with van der Waals surface area (Å²) < 4.78 is 11.0. The van der Waals surface area contributed by atoms with Gasteiger partial charge in [-0.05, 0) is 72.4 Å². The normalized spacial score (nSPS) is 13.8. The number of carbonyl (C=O) groups is 1. The molecule has 0 radical (unpaired) electrons. The van der Waals surface area contributed by atoms with Crippen LogP contribution in [0.4, 0.5) is 0 Å². The Morgan fingerprint density at radius 2 is 1.81 bits per heavy atom. The molecule has 0 bridgehead atoms. The Balaban J connectivity index is 1.39. The van der Waals surface area contributed by atoms with Crippen LogP contribution in [-0.2, 0) is 24.1 Å². The van der Waals surface area contributed by atoms with E-state index in [-0.39, 0.29) is 24.2 Å². The van der Waals surface area contributed by atoms with E-state index in [2.05, 4.69) is 22.3 Å². The number of nitrogens with zero attached hydrogens (tertiary/aromatic N) is 1. The number of rotatable bonds is 8. The summed E-state index contributed by atoms with van der Waals surface area (Å²) in [6, 6.07) is 22.9. The molecule has 1 unspecified atom stereocenters. The number of fused-ring (bicyclic) bond motifs is 1. The van der Waals surface area contributed by atoms with E-state index in [0.717, 1.165) is 36.9 Å². The highest BCUT2D eigenvalue weighted by Gasteiger charge is 2.21. The molecule has 188 valence electrons. The number of phenolic OH excluding ortho intramolecular Hbond substituents is 1. The monoisotopic (exact) mass is 504 g/mol. The molecule has 1 heterocycles. The molecule has 3 aromatic carbocycles. The first-order valence-corrected chi connectivity index (χ1v) is 12.6. The van der Waals surface area contributed by atoms with Gasteiger partial charge in [-0.25, -0.2) is 4.79 Å². The van der Waals surface area contributed by atoms with Crippen molar-refractivity contribution in [2.24, 2.45) is 5.92 Å². The minimum absolute atomic E-state index is 0.0503. The van der Waals surface area contributed by atoms with E-state index in [1.807, 2.05) is 42.5 Å². The topological polar surface area (TPSA) is 71.0 Å². The molecule has 7 heteroatoms. The Labute approximate surface area is 217 Å². The molecule has 0 spiro atoms. The van der Waals surface area contributed by atoms with E-state index in [4.69, 9.17) is 21.7 Å². The lowest BCUT2D eigenvalue weighted by Crippen LogP contribution is -2.42. The highest BCUT2D eigenvalue weighted by atomic mass is 32.1. The van der Waals surface area contributed by atoms with Gasteiger partial charge >= 0.3 is 5.97 Å². The van der Waals surface area contributed by atoms with Crippen LogP contribution in [0.25, 0.3) is 0 Å². The van der Waals surface area contributed by atoms with Gasteiger partial charge in [0.05, 0.1) is 19.3 Å². The van der Waals surface area contributed by atoms with E-state index in [0.29, 0.717) is 29.5 Å². The largest absolute Gasteiger partial charge is 0.504 e. The molecule has 1 aliphatic heterocycles. The first kappa shape index (κ1) is 25.5. The summed E-state index contributed by atoms with van der Waals surface area (Å²) in [6.07, 6.45) is 2.57. The SMILES string of the molecule is COc1cc2c(cc1O)CCCN(C(=S)NCC(COC(=O)c1ccccc1)Cc1ccccc1)C2. The van der Waals surface area contributed by atoms with Crippen molar-refractivity contribution >= 4 is 23.3 Å². The highest BCUT2D eigenvalue weighted by molar-refractivity contribution is 7.80. The Kier molecular flexibility index (Phi) is 8.79. The molecule has 1 atom stereocenters. The van der Waals surface area contributed by atoms with Gasteiger partial charge in [-0.15, -0.1) is 0 Å². The second kappa shape index (κ2) is 12.4. The summed E-state index contributed by atoms with van der Waals surface area (Å²) in [5, 5.41) is 14.2. The molecule has 2 N–H and O–H groups in total. The van der Waals surface area contributed by atoms with Gasteiger partial charge < -0.3 is 24.8 Å². The summed E-state index contributed by atoms with van der Waals surface area (Å²) >= 11 is 5.77. The number of methoxy groups -OCH3 is 1. The number of aryl methyl sites for hydroxylation is 1. The van der Waals surface area contributed by atoms with Crippen LogP contribution in [0, 0.1) is 5.92 Å². The number of ether oxygens (including phenoxy) is 2. The molecule has 0 saturated carbocycles. The molecule has 0 amide bonds. The molecule has 0 fully saturated rings. The zero-order chi connectivity index (χ0) is 25.3. The van der Waals surface area contributed by atoms with E-state index in [1.165, 1.54) is 5.56 Å². The molecule has 1 aliphatic rings. The number of nitrogens with one attached hydrogen (secondary N) is 1. The van der Waals surface area contributed by atoms with Gasteiger partial charge in [0.25, 0.3) is 0 Å². The summed E-state index contributed by atoms with van der Waals surface area (Å²) in [4.78, 5) is 14.7. The van der Waals surface area contributed by atoms with Gasteiger partial charge in [0.2, 0.25) is 0 Å². The fourth-order valence-electron chi connectivity index (χ4n) is 4.45. The van der Waals surface area contributed by atoms with Crippen LogP contribution in [0.5, 0.6) is 11.5 Å². The summed E-state index contributed by atoms with van der Waals surface area (Å²) in [5.74, 6) is 0.365. The van der Waals surface area contributed by atoms with Gasteiger partial charge in [-0.3, -0.25) is 0 Å². The van der Waals surface area contributed by atoms with Crippen molar-refractivity contribution in [2.75, 3.05) is 26.8 Å². The van der Waals surface area contributed by atoms with Crippen molar-refractivity contribution < 1.29 is 19.4 Å². The first-order valence-electron chi connectivity index (χ1n) is 12.2. The molecule has 0 saturated heterocycles. The van der Waals surface area contributed by atoms with Crippen molar-refractivity contribution in [3.63, 3.8) is 0 Å². The number of hydrogen-bond acceptors (Lipinski definition) is 5. The third kappa shape index (κ3) is 6.76. The maximum atomic E-state index is 12.5. The lowest BCUT2D eigenvalue weighted by atomic mass is 10.00. The van der Waals surface area contributed by atoms with Crippen molar-refractivity contribution in [3.05, 3.63) is 95.1 Å². The van der Waals surface area contributed by atoms with Crippen molar-refractivity contribution in [2.45, 2.75) is 25.8 Å². The zero-order valence-corrected chi connectivity index (χ0v) is 21.3. The number of hydrogen-bond donors (Lipinski definition) is 2. The Morgan fingerprint density at radius 1 is 1.08 bits per heavy atom. The summed E-state index contributed by atoms with van der Waals surface area (Å²) in [7, 11) is 1.56. The standard InChI is InChI=1S/C29H32N2O4S/c1-34-27-17-25-19-31(14-8-13-24(25)16-26(27)32)29(36)30-18-22(15-21-9-4-2-5-10-21)20-35-28(33)23-11-6-3-7-12-23/h2-7,9-12,16-17,22,32H,8,13-15,18-20H2,1H3,(H,30,36). The van der Waals surface area contributed by atoms with Crippen molar-refractivity contribution in [1.29, 1.82) is 0 Å². The predicted octanol–water partition coefficient (Wildman–Crippen LogP) is 4.74. The van der Waals surface area contributed by atoms with Gasteiger partial charge in [0, 0.05) is 25.6 Å². The molecular formula is C29H32N2O4S. The fraction of sp³-hybridized carbons (Fsp3) is 0.310. The third-order valence-electron chi connectivity index (χ3n) is 6.39. The maximum Gasteiger partial charge on any atom is 0.338 e. The second-order valence-corrected chi connectivity index (χ2v) is 9.41. The number of benzene rings is 3. The van der Waals surface area contributed by atoms with E-state index in [1.54, 1.807) is 25.3 Å². The smallest absolute Gasteiger partial charge is 0.338 e. The van der Waals surface area contributed by atoms with Crippen LogP contribution in [0.1, 0.15) is 33.5 Å². The Hall–Kier alpha value is -3.58. The summed E-state index contributed by atoms with van der Waals surface area (Å²) in [5.41, 5.74) is 3.95. The second-order valence-electron chi connectivity index (χ2n) is 9.02. The molecule has 0 aromatic heterocycles. The minimum atomic E-state index is -0.322. The fourth-order valence-corrected chi connectivity index (χ4v) is 4.69. The van der Waals surface area contributed by atoms with Crippen molar-refractivity contribution in [1.82, 2.24) is 10.2 Å². The molecule has 4 rings (SSSR count). The predicted molar refractivity (Wildman–Crippen MR) is 144 cm³/mol. The van der Waals surface area contributed by atoms with Crippen LogP contribution < -0.4 is 10.1 Å². The van der Waals surface area contributed by atoms with Gasteiger partial charge in [0.1, 0.15) is 0 Å². The van der Waals surface area contributed by atoms with Crippen LogP contribution in [-0.4, -0.2) is 47.9 Å². The molecule has 36 heavy (non-hydrogen) atoms. The number of carbonyl (C=O) groups excluding carboxylic acids is 1. The van der Waals surface area contributed by atoms with Crippen LogP contribution in [0.3, 0.4) is 0 Å². The Morgan fingerprint density at radius 3 is 2.53 bits per heavy atom. The number of thiocarbonyl (C=S) groups is 1. The molecule has 3 aromatic rings.